The first-order valence-corrected chi connectivity index (χ1v) is 5.95. The molecule has 0 aliphatic rings. The summed E-state index contributed by atoms with van der Waals surface area (Å²) in [5, 5.41) is 4.18. The number of rotatable bonds is 5. The van der Waals surface area contributed by atoms with Crippen LogP contribution in [0.25, 0.3) is 0 Å². The van der Waals surface area contributed by atoms with Gasteiger partial charge < -0.3 is 10.1 Å². The molecule has 0 fully saturated rings. The molecule has 1 N–H and O–H groups in total. The molecule has 4 nitrogen and oxygen atoms in total. The van der Waals surface area contributed by atoms with Crippen molar-refractivity contribution in [2.45, 2.75) is 24.5 Å². The number of nitrogens with zero attached hydrogens (tertiary/aromatic N) is 2. The van der Waals surface area contributed by atoms with Crippen LogP contribution in [0.3, 0.4) is 0 Å². The van der Waals surface area contributed by atoms with Gasteiger partial charge in [0.05, 0.1) is 5.60 Å². The van der Waals surface area contributed by atoms with Gasteiger partial charge in [-0.25, -0.2) is 9.97 Å². The number of nitrogens with one attached hydrogen (secondary N) is 1. The molecule has 5 heteroatoms. The summed E-state index contributed by atoms with van der Waals surface area (Å²) in [6.07, 6.45) is 3.55. The fourth-order valence-electron chi connectivity index (χ4n) is 0.923. The Morgan fingerprint density at radius 1 is 1.47 bits per heavy atom. The number of anilines is 1. The normalized spacial score (nSPS) is 11.5. The van der Waals surface area contributed by atoms with Crippen LogP contribution in [-0.4, -0.2) is 35.5 Å². The fraction of sp³-hybridized carbons (Fsp3) is 0.600. The van der Waals surface area contributed by atoms with Crippen LogP contribution in [0.5, 0.6) is 0 Å². The van der Waals surface area contributed by atoms with Crippen molar-refractivity contribution in [3.8, 4) is 0 Å². The van der Waals surface area contributed by atoms with Crippen LogP contribution in [0.4, 0.5) is 5.82 Å². The van der Waals surface area contributed by atoms with Gasteiger partial charge in [0.1, 0.15) is 17.2 Å². The summed E-state index contributed by atoms with van der Waals surface area (Å²) in [7, 11) is 1.70. The van der Waals surface area contributed by atoms with E-state index >= 15 is 0 Å². The minimum Gasteiger partial charge on any atom is -0.377 e. The van der Waals surface area contributed by atoms with E-state index in [1.165, 1.54) is 0 Å². The topological polar surface area (TPSA) is 47.0 Å². The van der Waals surface area contributed by atoms with Crippen LogP contribution in [-0.2, 0) is 4.74 Å². The highest BCUT2D eigenvalue weighted by atomic mass is 32.2. The Morgan fingerprint density at radius 3 is 2.80 bits per heavy atom. The first kappa shape index (κ1) is 12.3. The highest BCUT2D eigenvalue weighted by molar-refractivity contribution is 7.98. The molecule has 1 aromatic rings. The van der Waals surface area contributed by atoms with E-state index in [2.05, 4.69) is 15.3 Å². The summed E-state index contributed by atoms with van der Waals surface area (Å²) >= 11 is 1.60. The second-order valence-corrected chi connectivity index (χ2v) is 4.59. The smallest absolute Gasteiger partial charge is 0.130 e. The maximum Gasteiger partial charge on any atom is 0.130 e. The molecule has 0 spiro atoms. The lowest BCUT2D eigenvalue weighted by molar-refractivity contribution is 0.0343. The number of thioether (sulfide) groups is 1. The summed E-state index contributed by atoms with van der Waals surface area (Å²) < 4.78 is 5.30. The van der Waals surface area contributed by atoms with Crippen molar-refractivity contribution in [2.24, 2.45) is 0 Å². The largest absolute Gasteiger partial charge is 0.377 e. The highest BCUT2D eigenvalue weighted by Crippen LogP contribution is 2.15. The molecular weight excluding hydrogens is 210 g/mol. The number of ether oxygens (including phenoxy) is 1. The molecule has 0 aliphatic heterocycles. The van der Waals surface area contributed by atoms with Gasteiger partial charge in [0.15, 0.2) is 0 Å². The predicted octanol–water partition coefficient (Wildman–Crippen LogP) is 2.04. The van der Waals surface area contributed by atoms with E-state index in [0.29, 0.717) is 6.54 Å². The SMILES string of the molecule is COC(C)(C)CNc1cc(SC)ncn1. The number of methoxy groups -OCH3 is 1. The third-order valence-electron chi connectivity index (χ3n) is 2.10. The first-order chi connectivity index (χ1) is 7.07. The van der Waals surface area contributed by atoms with Gasteiger partial charge in [-0.2, -0.15) is 0 Å². The summed E-state index contributed by atoms with van der Waals surface area (Å²) in [5.74, 6) is 0.833. The maximum absolute atomic E-state index is 5.30. The third-order valence-corrected chi connectivity index (χ3v) is 2.74. The highest BCUT2D eigenvalue weighted by Gasteiger charge is 2.15. The zero-order valence-electron chi connectivity index (χ0n) is 9.57. The molecule has 15 heavy (non-hydrogen) atoms. The predicted molar refractivity (Wildman–Crippen MR) is 63.4 cm³/mol. The molecule has 1 rings (SSSR count). The minimum atomic E-state index is -0.190. The molecule has 0 saturated heterocycles. The monoisotopic (exact) mass is 227 g/mol. The van der Waals surface area contributed by atoms with E-state index in [4.69, 9.17) is 4.74 Å². The summed E-state index contributed by atoms with van der Waals surface area (Å²) in [6.45, 7) is 4.77. The standard InChI is InChI=1S/C10H17N3OS/c1-10(2,14-3)6-11-8-5-9(15-4)13-7-12-8/h5,7H,6H2,1-4H3,(H,11,12,13). The van der Waals surface area contributed by atoms with Crippen LogP contribution in [0.15, 0.2) is 17.4 Å². The molecule has 0 atom stereocenters. The van der Waals surface area contributed by atoms with E-state index in [9.17, 15) is 0 Å². The molecule has 0 aromatic carbocycles. The van der Waals surface area contributed by atoms with Gasteiger partial charge >= 0.3 is 0 Å². The molecule has 0 saturated carbocycles. The van der Waals surface area contributed by atoms with Gasteiger partial charge in [-0.15, -0.1) is 11.8 Å². The Kier molecular flexibility index (Phi) is 4.35. The average molecular weight is 227 g/mol. The summed E-state index contributed by atoms with van der Waals surface area (Å²) in [6, 6.07) is 1.93. The van der Waals surface area contributed by atoms with E-state index < -0.39 is 0 Å². The van der Waals surface area contributed by atoms with Crippen molar-refractivity contribution in [1.82, 2.24) is 9.97 Å². The number of aromatic nitrogens is 2. The van der Waals surface area contributed by atoms with Crippen LogP contribution in [0.1, 0.15) is 13.8 Å². The number of hydrogen-bond donors (Lipinski definition) is 1. The van der Waals surface area contributed by atoms with Crippen LogP contribution >= 0.6 is 11.8 Å². The van der Waals surface area contributed by atoms with Crippen molar-refractivity contribution in [1.29, 1.82) is 0 Å². The second-order valence-electron chi connectivity index (χ2n) is 3.76. The zero-order chi connectivity index (χ0) is 11.3. The first-order valence-electron chi connectivity index (χ1n) is 4.72. The summed E-state index contributed by atoms with van der Waals surface area (Å²) in [5.41, 5.74) is -0.190. The number of hydrogen-bond acceptors (Lipinski definition) is 5. The van der Waals surface area contributed by atoms with Crippen molar-refractivity contribution >= 4 is 17.6 Å². The van der Waals surface area contributed by atoms with Gasteiger partial charge in [-0.3, -0.25) is 0 Å². The molecule has 0 aliphatic carbocycles. The molecule has 1 heterocycles. The molecular formula is C10H17N3OS. The van der Waals surface area contributed by atoms with Gasteiger partial charge in [-0.1, -0.05) is 0 Å². The Balaban J connectivity index is 2.57. The van der Waals surface area contributed by atoms with Gasteiger partial charge in [0, 0.05) is 19.7 Å². The Bertz CT molecular complexity index is 317. The molecule has 84 valence electrons. The zero-order valence-corrected chi connectivity index (χ0v) is 10.4. The van der Waals surface area contributed by atoms with E-state index in [1.54, 1.807) is 25.2 Å². The van der Waals surface area contributed by atoms with E-state index in [0.717, 1.165) is 10.8 Å². The van der Waals surface area contributed by atoms with Gasteiger partial charge in [0.25, 0.3) is 0 Å². The molecule has 1 aromatic heterocycles. The Morgan fingerprint density at radius 2 is 2.20 bits per heavy atom. The van der Waals surface area contributed by atoms with E-state index in [-0.39, 0.29) is 5.60 Å². The lowest BCUT2D eigenvalue weighted by atomic mass is 10.1. The molecule has 0 bridgehead atoms. The molecule has 0 radical (unpaired) electrons. The lowest BCUT2D eigenvalue weighted by Gasteiger charge is -2.23. The van der Waals surface area contributed by atoms with Crippen molar-refractivity contribution in [3.63, 3.8) is 0 Å². The summed E-state index contributed by atoms with van der Waals surface area (Å²) in [4.78, 5) is 8.24. The maximum atomic E-state index is 5.30. The molecule has 0 unspecified atom stereocenters. The minimum absolute atomic E-state index is 0.190. The lowest BCUT2D eigenvalue weighted by Crippen LogP contribution is -2.32. The van der Waals surface area contributed by atoms with E-state index in [1.807, 2.05) is 26.2 Å². The third kappa shape index (κ3) is 4.05. The Labute approximate surface area is 94.8 Å². The van der Waals surface area contributed by atoms with Gasteiger partial charge in [-0.05, 0) is 20.1 Å². The quantitative estimate of drug-likeness (QED) is 0.616. The van der Waals surface area contributed by atoms with Crippen LogP contribution in [0.2, 0.25) is 0 Å². The molecule has 0 amide bonds. The van der Waals surface area contributed by atoms with Crippen LogP contribution in [0, 0.1) is 0 Å². The van der Waals surface area contributed by atoms with Crippen molar-refractivity contribution in [2.75, 3.05) is 25.2 Å². The van der Waals surface area contributed by atoms with Crippen molar-refractivity contribution in [3.05, 3.63) is 12.4 Å². The second kappa shape index (κ2) is 5.32. The fourth-order valence-corrected chi connectivity index (χ4v) is 1.31. The Hall–Kier alpha value is -0.810. The van der Waals surface area contributed by atoms with Crippen molar-refractivity contribution < 1.29 is 4.74 Å². The van der Waals surface area contributed by atoms with Crippen LogP contribution < -0.4 is 5.32 Å². The average Bonchev–Trinajstić information content (AvgIpc) is 2.27. The van der Waals surface area contributed by atoms with Gasteiger partial charge in [0.2, 0.25) is 0 Å².